The van der Waals surface area contributed by atoms with Gasteiger partial charge in [-0.05, 0) is 30.9 Å². The van der Waals surface area contributed by atoms with Gasteiger partial charge in [0.15, 0.2) is 5.76 Å². The predicted molar refractivity (Wildman–Crippen MR) is 72.1 cm³/mol. The van der Waals surface area contributed by atoms with Crippen molar-refractivity contribution in [3.05, 3.63) is 23.7 Å². The van der Waals surface area contributed by atoms with E-state index in [2.05, 4.69) is 10.6 Å². The number of ether oxygens (including phenoxy) is 1. The Kier molecular flexibility index (Phi) is 5.17. The average molecular weight is 280 g/mol. The number of nitrogens with one attached hydrogen (secondary N) is 2. The molecular formula is C14H20N2O4. The van der Waals surface area contributed by atoms with Crippen LogP contribution < -0.4 is 10.6 Å². The zero-order valence-corrected chi connectivity index (χ0v) is 11.6. The molecule has 1 atom stereocenters. The minimum absolute atomic E-state index is 0.0154. The Hall–Kier alpha value is -1.82. The third kappa shape index (κ3) is 4.09. The molecule has 0 aromatic carbocycles. The van der Waals surface area contributed by atoms with Gasteiger partial charge in [0.05, 0.1) is 6.54 Å². The zero-order valence-electron chi connectivity index (χ0n) is 11.6. The lowest BCUT2D eigenvalue weighted by Gasteiger charge is -2.21. The van der Waals surface area contributed by atoms with Crippen molar-refractivity contribution < 1.29 is 18.7 Å². The van der Waals surface area contributed by atoms with E-state index in [4.69, 9.17) is 9.15 Å². The summed E-state index contributed by atoms with van der Waals surface area (Å²) in [5, 5.41) is 5.28. The van der Waals surface area contributed by atoms with E-state index in [9.17, 15) is 9.59 Å². The Bertz CT molecular complexity index is 463. The molecule has 0 radical (unpaired) electrons. The molecule has 2 heterocycles. The lowest BCUT2D eigenvalue weighted by Crippen LogP contribution is -2.28. The summed E-state index contributed by atoms with van der Waals surface area (Å²) in [6, 6.07) is 3.28. The highest BCUT2D eigenvalue weighted by Gasteiger charge is 2.17. The van der Waals surface area contributed by atoms with Crippen LogP contribution in [0.25, 0.3) is 0 Å². The number of hydrogen-bond donors (Lipinski definition) is 2. The van der Waals surface area contributed by atoms with Gasteiger partial charge in [0.25, 0.3) is 5.91 Å². The molecule has 20 heavy (non-hydrogen) atoms. The fraction of sp³-hybridized carbons (Fsp3) is 0.571. The molecule has 1 unspecified atom stereocenters. The molecule has 1 fully saturated rings. The average Bonchev–Trinajstić information content (AvgIpc) is 2.94. The van der Waals surface area contributed by atoms with Crippen LogP contribution in [0.1, 0.15) is 35.6 Å². The molecule has 6 nitrogen and oxygen atoms in total. The van der Waals surface area contributed by atoms with Crippen molar-refractivity contribution >= 4 is 11.8 Å². The van der Waals surface area contributed by atoms with Gasteiger partial charge in [-0.25, -0.2) is 0 Å². The van der Waals surface area contributed by atoms with Gasteiger partial charge in [0.1, 0.15) is 5.76 Å². The van der Waals surface area contributed by atoms with E-state index in [1.807, 2.05) is 0 Å². The van der Waals surface area contributed by atoms with Crippen LogP contribution in [0, 0.1) is 5.92 Å². The molecule has 0 spiro atoms. The van der Waals surface area contributed by atoms with Crippen LogP contribution in [0.4, 0.5) is 0 Å². The van der Waals surface area contributed by atoms with Crippen LogP contribution in [0.3, 0.4) is 0 Å². The highest BCUT2D eigenvalue weighted by Crippen LogP contribution is 2.17. The number of hydrogen-bond acceptors (Lipinski definition) is 4. The topological polar surface area (TPSA) is 80.6 Å². The maximum Gasteiger partial charge on any atom is 0.286 e. The summed E-state index contributed by atoms with van der Waals surface area (Å²) in [6.45, 7) is 1.76. The molecule has 1 aliphatic heterocycles. The van der Waals surface area contributed by atoms with Crippen LogP contribution in [0.15, 0.2) is 16.5 Å². The number of carbonyl (C=O) groups is 2. The summed E-state index contributed by atoms with van der Waals surface area (Å²) in [4.78, 5) is 23.1. The Morgan fingerprint density at radius 2 is 2.25 bits per heavy atom. The Morgan fingerprint density at radius 3 is 2.95 bits per heavy atom. The Morgan fingerprint density at radius 1 is 1.40 bits per heavy atom. The van der Waals surface area contributed by atoms with Gasteiger partial charge in [-0.2, -0.15) is 0 Å². The van der Waals surface area contributed by atoms with Crippen molar-refractivity contribution in [3.8, 4) is 0 Å². The lowest BCUT2D eigenvalue weighted by molar-refractivity contribution is -0.123. The van der Waals surface area contributed by atoms with Gasteiger partial charge in [-0.1, -0.05) is 0 Å². The molecule has 110 valence electrons. The molecular weight excluding hydrogens is 260 g/mol. The van der Waals surface area contributed by atoms with Crippen molar-refractivity contribution in [1.29, 1.82) is 0 Å². The van der Waals surface area contributed by atoms with E-state index in [1.54, 1.807) is 19.2 Å². The van der Waals surface area contributed by atoms with Gasteiger partial charge in [0, 0.05) is 26.7 Å². The number of furan rings is 1. The first kappa shape index (κ1) is 14.6. The maximum absolute atomic E-state index is 11.8. The van der Waals surface area contributed by atoms with E-state index in [1.165, 1.54) is 0 Å². The summed E-state index contributed by atoms with van der Waals surface area (Å²) in [7, 11) is 1.54. The highest BCUT2D eigenvalue weighted by molar-refractivity contribution is 5.91. The summed E-state index contributed by atoms with van der Waals surface area (Å²) in [6.07, 6.45) is 2.53. The summed E-state index contributed by atoms with van der Waals surface area (Å²) in [5.41, 5.74) is 0. The first-order valence-electron chi connectivity index (χ1n) is 6.84. The molecule has 6 heteroatoms. The normalized spacial score (nSPS) is 18.6. The van der Waals surface area contributed by atoms with Crippen molar-refractivity contribution in [2.45, 2.75) is 25.8 Å². The van der Waals surface area contributed by atoms with Gasteiger partial charge in [0.2, 0.25) is 5.91 Å². The number of amides is 2. The third-order valence-corrected chi connectivity index (χ3v) is 3.30. The lowest BCUT2D eigenvalue weighted by atomic mass is 9.98. The standard InChI is InChI=1S/C14H20N2O4/c1-15-14(18)12-5-4-11(20-12)8-16-13(17)7-10-3-2-6-19-9-10/h4-5,10H,2-3,6-9H2,1H3,(H,15,18)(H,16,17). The molecule has 1 saturated heterocycles. The van der Waals surface area contributed by atoms with Crippen LogP contribution in [0.5, 0.6) is 0 Å². The monoisotopic (exact) mass is 280 g/mol. The van der Waals surface area contributed by atoms with E-state index >= 15 is 0 Å². The second-order valence-corrected chi connectivity index (χ2v) is 4.91. The molecule has 2 rings (SSSR count). The minimum atomic E-state index is -0.276. The fourth-order valence-corrected chi connectivity index (χ4v) is 2.21. The molecule has 0 bridgehead atoms. The van der Waals surface area contributed by atoms with Crippen LogP contribution in [0.2, 0.25) is 0 Å². The van der Waals surface area contributed by atoms with Gasteiger partial charge in [-0.15, -0.1) is 0 Å². The van der Waals surface area contributed by atoms with Crippen molar-refractivity contribution in [2.75, 3.05) is 20.3 Å². The van der Waals surface area contributed by atoms with E-state index in [0.29, 0.717) is 31.3 Å². The van der Waals surface area contributed by atoms with E-state index < -0.39 is 0 Å². The quantitative estimate of drug-likeness (QED) is 0.845. The first-order chi connectivity index (χ1) is 9.69. The van der Waals surface area contributed by atoms with Crippen LogP contribution in [-0.4, -0.2) is 32.1 Å². The Labute approximate surface area is 117 Å². The van der Waals surface area contributed by atoms with Gasteiger partial charge in [-0.3, -0.25) is 9.59 Å². The molecule has 0 aliphatic carbocycles. The van der Waals surface area contributed by atoms with E-state index in [0.717, 1.165) is 19.4 Å². The minimum Gasteiger partial charge on any atom is -0.454 e. The molecule has 1 aromatic rings. The second-order valence-electron chi connectivity index (χ2n) is 4.91. The van der Waals surface area contributed by atoms with Gasteiger partial charge >= 0.3 is 0 Å². The fourth-order valence-electron chi connectivity index (χ4n) is 2.21. The SMILES string of the molecule is CNC(=O)c1ccc(CNC(=O)CC2CCCOC2)o1. The third-order valence-electron chi connectivity index (χ3n) is 3.30. The smallest absolute Gasteiger partial charge is 0.286 e. The van der Waals surface area contributed by atoms with Crippen LogP contribution in [-0.2, 0) is 16.1 Å². The summed E-state index contributed by atoms with van der Waals surface area (Å²) >= 11 is 0. The van der Waals surface area contributed by atoms with Gasteiger partial charge < -0.3 is 19.8 Å². The highest BCUT2D eigenvalue weighted by atomic mass is 16.5. The first-order valence-corrected chi connectivity index (χ1v) is 6.84. The van der Waals surface area contributed by atoms with Crippen LogP contribution >= 0.6 is 0 Å². The van der Waals surface area contributed by atoms with E-state index in [-0.39, 0.29) is 17.6 Å². The molecule has 1 aromatic heterocycles. The second kappa shape index (κ2) is 7.09. The predicted octanol–water partition coefficient (Wildman–Crippen LogP) is 1.07. The van der Waals surface area contributed by atoms with Crippen molar-refractivity contribution in [1.82, 2.24) is 10.6 Å². The van der Waals surface area contributed by atoms with Crippen molar-refractivity contribution in [2.24, 2.45) is 5.92 Å². The molecule has 0 saturated carbocycles. The molecule has 2 N–H and O–H groups in total. The maximum atomic E-state index is 11.8. The Balaban J connectivity index is 1.75. The summed E-state index contributed by atoms with van der Waals surface area (Å²) < 4.78 is 10.7. The number of carbonyl (C=O) groups excluding carboxylic acids is 2. The molecule has 1 aliphatic rings. The largest absolute Gasteiger partial charge is 0.454 e. The summed E-state index contributed by atoms with van der Waals surface area (Å²) in [5.74, 6) is 0.830. The zero-order chi connectivity index (χ0) is 14.4. The van der Waals surface area contributed by atoms with Crippen molar-refractivity contribution in [3.63, 3.8) is 0 Å². The number of rotatable bonds is 5. The molecule has 2 amide bonds.